The molecule has 21 heavy (non-hydrogen) atoms. The third-order valence-corrected chi connectivity index (χ3v) is 6.42. The summed E-state index contributed by atoms with van der Waals surface area (Å²) in [6.07, 6.45) is 2.69. The van der Waals surface area contributed by atoms with Gasteiger partial charge < -0.3 is 4.90 Å². The van der Waals surface area contributed by atoms with E-state index in [1.54, 1.807) is 4.31 Å². The molecule has 0 radical (unpaired) electrons. The van der Waals surface area contributed by atoms with Crippen LogP contribution in [0.25, 0.3) is 0 Å². The van der Waals surface area contributed by atoms with Gasteiger partial charge in [0.25, 0.3) is 10.2 Å². The summed E-state index contributed by atoms with van der Waals surface area (Å²) < 4.78 is 29.2. The first-order chi connectivity index (χ1) is 9.88. The molecule has 0 aromatic rings. The highest BCUT2D eigenvalue weighted by molar-refractivity contribution is 7.87. The molecular formula is C14H24N4O2S. The Bertz CT molecular complexity index is 590. The van der Waals surface area contributed by atoms with E-state index in [-0.39, 0.29) is 12.1 Å². The first-order valence-corrected chi connectivity index (χ1v) is 9.11. The predicted molar refractivity (Wildman–Crippen MR) is 83.2 cm³/mol. The topological polar surface area (TPSA) is 65.0 Å². The smallest absolute Gasteiger partial charge is 0.279 e. The molecule has 6 nitrogen and oxygen atoms in total. The van der Waals surface area contributed by atoms with Crippen LogP contribution in [0.4, 0.5) is 0 Å². The largest absolute Gasteiger partial charge is 0.332 e. The van der Waals surface area contributed by atoms with Crippen LogP contribution in [0.1, 0.15) is 40.0 Å². The molecule has 3 aliphatic rings. The molecule has 0 aliphatic carbocycles. The van der Waals surface area contributed by atoms with E-state index in [4.69, 9.17) is 0 Å². The fourth-order valence-corrected chi connectivity index (χ4v) is 4.89. The second-order valence-corrected chi connectivity index (χ2v) is 7.92. The Kier molecular flexibility index (Phi) is 3.83. The summed E-state index contributed by atoms with van der Waals surface area (Å²) in [4.78, 5) is 6.77. The minimum absolute atomic E-state index is 0.0593. The highest BCUT2D eigenvalue weighted by Gasteiger charge is 2.36. The zero-order chi connectivity index (χ0) is 15.2. The standard InChI is InChI=1S/C14H24N4O2S/c1-10-11(2)15-12(3)18-9-13(8-14(10)18)16-21(19,20)17-6-4-5-7-17/h11,13,16H,4-9H2,1-3H3/t11-,13-/m0/s1. The van der Waals surface area contributed by atoms with Crippen LogP contribution in [-0.4, -0.2) is 55.2 Å². The molecule has 1 N–H and O–H groups in total. The third kappa shape index (κ3) is 2.74. The summed E-state index contributed by atoms with van der Waals surface area (Å²) in [7, 11) is -3.34. The van der Waals surface area contributed by atoms with E-state index in [1.165, 1.54) is 11.3 Å². The molecule has 3 rings (SSSR count). The molecule has 2 fully saturated rings. The Balaban J connectivity index is 1.74. The molecule has 3 heterocycles. The van der Waals surface area contributed by atoms with Crippen molar-refractivity contribution in [1.29, 1.82) is 0 Å². The molecule has 0 aromatic carbocycles. The molecule has 3 aliphatic heterocycles. The number of nitrogens with one attached hydrogen (secondary N) is 1. The van der Waals surface area contributed by atoms with E-state index < -0.39 is 10.2 Å². The summed E-state index contributed by atoms with van der Waals surface area (Å²) in [5, 5.41) is 0. The van der Waals surface area contributed by atoms with Gasteiger partial charge in [-0.05, 0) is 39.2 Å². The molecular weight excluding hydrogens is 288 g/mol. The van der Waals surface area contributed by atoms with Crippen LogP contribution in [0, 0.1) is 0 Å². The van der Waals surface area contributed by atoms with Gasteiger partial charge in [0, 0.05) is 37.8 Å². The minimum atomic E-state index is -3.34. The first-order valence-electron chi connectivity index (χ1n) is 7.67. The summed E-state index contributed by atoms with van der Waals surface area (Å²) in [5.41, 5.74) is 2.49. The molecule has 2 saturated heterocycles. The quantitative estimate of drug-likeness (QED) is 0.848. The van der Waals surface area contributed by atoms with Crippen molar-refractivity contribution < 1.29 is 8.42 Å². The maximum Gasteiger partial charge on any atom is 0.279 e. The van der Waals surface area contributed by atoms with E-state index >= 15 is 0 Å². The normalized spacial score (nSPS) is 30.8. The van der Waals surface area contributed by atoms with Crippen molar-refractivity contribution in [3.8, 4) is 0 Å². The fraction of sp³-hybridized carbons (Fsp3) is 0.786. The van der Waals surface area contributed by atoms with Gasteiger partial charge in [-0.15, -0.1) is 0 Å². The van der Waals surface area contributed by atoms with Crippen LogP contribution in [0.3, 0.4) is 0 Å². The van der Waals surface area contributed by atoms with Crippen LogP contribution in [0.15, 0.2) is 16.3 Å². The number of rotatable bonds is 3. The number of amidine groups is 1. The molecule has 0 spiro atoms. The average molecular weight is 312 g/mol. The summed E-state index contributed by atoms with van der Waals surface area (Å²) in [5.74, 6) is 0.992. The first kappa shape index (κ1) is 15.0. The van der Waals surface area contributed by atoms with E-state index in [2.05, 4.69) is 28.5 Å². The lowest BCUT2D eigenvalue weighted by Crippen LogP contribution is -2.45. The van der Waals surface area contributed by atoms with Gasteiger partial charge in [-0.2, -0.15) is 17.4 Å². The highest BCUT2D eigenvalue weighted by Crippen LogP contribution is 2.31. The van der Waals surface area contributed by atoms with Gasteiger partial charge in [0.05, 0.1) is 6.04 Å². The second kappa shape index (κ2) is 5.37. The Morgan fingerprint density at radius 1 is 1.24 bits per heavy atom. The third-order valence-electron chi connectivity index (χ3n) is 4.74. The van der Waals surface area contributed by atoms with Gasteiger partial charge in [-0.25, -0.2) is 0 Å². The Morgan fingerprint density at radius 2 is 1.90 bits per heavy atom. The van der Waals surface area contributed by atoms with Crippen molar-refractivity contribution >= 4 is 16.0 Å². The van der Waals surface area contributed by atoms with Crippen LogP contribution < -0.4 is 4.72 Å². The lowest BCUT2D eigenvalue weighted by Gasteiger charge is -2.28. The van der Waals surface area contributed by atoms with Crippen molar-refractivity contribution in [1.82, 2.24) is 13.9 Å². The van der Waals surface area contributed by atoms with Gasteiger partial charge in [-0.3, -0.25) is 4.99 Å². The van der Waals surface area contributed by atoms with Crippen molar-refractivity contribution in [2.24, 2.45) is 4.99 Å². The van der Waals surface area contributed by atoms with Crippen LogP contribution in [-0.2, 0) is 10.2 Å². The van der Waals surface area contributed by atoms with Gasteiger partial charge in [0.2, 0.25) is 0 Å². The minimum Gasteiger partial charge on any atom is -0.332 e. The van der Waals surface area contributed by atoms with Crippen molar-refractivity contribution in [2.45, 2.75) is 52.1 Å². The second-order valence-electron chi connectivity index (χ2n) is 6.22. The highest BCUT2D eigenvalue weighted by atomic mass is 32.2. The van der Waals surface area contributed by atoms with Gasteiger partial charge in [-0.1, -0.05) is 0 Å². The van der Waals surface area contributed by atoms with E-state index in [1.807, 2.05) is 6.92 Å². The summed E-state index contributed by atoms with van der Waals surface area (Å²) >= 11 is 0. The van der Waals surface area contributed by atoms with E-state index in [9.17, 15) is 8.42 Å². The molecule has 7 heteroatoms. The van der Waals surface area contributed by atoms with Crippen molar-refractivity contribution in [3.63, 3.8) is 0 Å². The van der Waals surface area contributed by atoms with Crippen LogP contribution >= 0.6 is 0 Å². The summed E-state index contributed by atoms with van der Waals surface area (Å²) in [6, 6.07) is 0.140. The van der Waals surface area contributed by atoms with Gasteiger partial charge in [0.15, 0.2) is 0 Å². The molecule has 0 amide bonds. The number of hydrogen-bond acceptors (Lipinski definition) is 4. The molecule has 0 aromatic heterocycles. The van der Waals surface area contributed by atoms with Crippen LogP contribution in [0.2, 0.25) is 0 Å². The van der Waals surface area contributed by atoms with Crippen molar-refractivity contribution in [3.05, 3.63) is 11.3 Å². The molecule has 2 atom stereocenters. The molecule has 0 unspecified atom stereocenters. The predicted octanol–water partition coefficient (Wildman–Crippen LogP) is 1.09. The lowest BCUT2D eigenvalue weighted by molar-refractivity contribution is 0.448. The Morgan fingerprint density at radius 3 is 2.57 bits per heavy atom. The SMILES string of the molecule is CC1=N[C@@H](C)C(C)=C2C[C@H](NS(=O)(=O)N3CCCC3)CN12. The molecule has 118 valence electrons. The summed E-state index contributed by atoms with van der Waals surface area (Å²) in [6.45, 7) is 8.16. The maximum absolute atomic E-state index is 12.4. The van der Waals surface area contributed by atoms with Crippen LogP contribution in [0.5, 0.6) is 0 Å². The van der Waals surface area contributed by atoms with Gasteiger partial charge >= 0.3 is 0 Å². The monoisotopic (exact) mass is 312 g/mol. The van der Waals surface area contributed by atoms with Crippen molar-refractivity contribution in [2.75, 3.05) is 19.6 Å². The fourth-order valence-electron chi connectivity index (χ4n) is 3.42. The average Bonchev–Trinajstić information content (AvgIpc) is 3.04. The Labute approximate surface area is 127 Å². The maximum atomic E-state index is 12.4. The number of hydrogen-bond donors (Lipinski definition) is 1. The number of nitrogens with zero attached hydrogens (tertiary/aromatic N) is 3. The van der Waals surface area contributed by atoms with E-state index in [0.29, 0.717) is 19.6 Å². The molecule has 0 bridgehead atoms. The van der Waals surface area contributed by atoms with Gasteiger partial charge in [0.1, 0.15) is 5.84 Å². The zero-order valence-electron chi connectivity index (χ0n) is 13.0. The molecule has 0 saturated carbocycles. The number of aliphatic imine (C=N–C) groups is 1. The van der Waals surface area contributed by atoms with E-state index in [0.717, 1.165) is 25.1 Å². The lowest BCUT2D eigenvalue weighted by atomic mass is 10.0. The number of fused-ring (bicyclic) bond motifs is 1. The Hall–Kier alpha value is -0.920. The zero-order valence-corrected chi connectivity index (χ0v) is 13.8.